The molecular weight excluding hydrogens is 212 g/mol. The number of aliphatic hydroxyl groups is 1. The minimum atomic E-state index is -0.861. The monoisotopic (exact) mass is 223 g/mol. The number of rotatable bonds is 2. The molecule has 80 valence electrons. The van der Waals surface area contributed by atoms with Crippen molar-refractivity contribution in [2.45, 2.75) is 19.1 Å². The predicted molar refractivity (Wildman–Crippen MR) is 52.2 cm³/mol. The Morgan fingerprint density at radius 1 is 1.36 bits per heavy atom. The lowest BCUT2D eigenvalue weighted by Crippen LogP contribution is -2.24. The number of hydrogen-bond donors (Lipinski definition) is 2. The molecule has 0 fully saturated rings. The molecule has 1 aromatic rings. The van der Waals surface area contributed by atoms with Gasteiger partial charge in [0, 0.05) is 11.6 Å². The summed E-state index contributed by atoms with van der Waals surface area (Å²) in [5.41, 5.74) is 5.60. The van der Waals surface area contributed by atoms with Gasteiger partial charge in [0.1, 0.15) is 11.6 Å². The van der Waals surface area contributed by atoms with Crippen molar-refractivity contribution < 1.29 is 13.9 Å². The van der Waals surface area contributed by atoms with Crippen LogP contribution in [0.3, 0.4) is 0 Å². The largest absolute Gasteiger partial charge is 0.391 e. The number of halogens is 3. The Balaban J connectivity index is 0.00000169. The first-order chi connectivity index (χ1) is 6.02. The average Bonchev–Trinajstić information content (AvgIpc) is 2.03. The SMILES string of the molecule is C[C@@H](O)[C@@H](N)c1ccc(F)cc1F.Cl. The van der Waals surface area contributed by atoms with Gasteiger partial charge in [0.05, 0.1) is 12.1 Å². The highest BCUT2D eigenvalue weighted by Crippen LogP contribution is 2.18. The molecule has 0 radical (unpaired) electrons. The van der Waals surface area contributed by atoms with Crippen molar-refractivity contribution in [3.63, 3.8) is 0 Å². The van der Waals surface area contributed by atoms with Crippen LogP contribution in [0.5, 0.6) is 0 Å². The van der Waals surface area contributed by atoms with E-state index in [2.05, 4.69) is 0 Å². The molecule has 0 spiro atoms. The molecule has 0 aliphatic rings. The van der Waals surface area contributed by atoms with E-state index in [1.54, 1.807) is 0 Å². The van der Waals surface area contributed by atoms with Crippen molar-refractivity contribution in [2.24, 2.45) is 5.73 Å². The molecule has 0 unspecified atom stereocenters. The third kappa shape index (κ3) is 2.90. The molecule has 0 saturated carbocycles. The van der Waals surface area contributed by atoms with E-state index in [9.17, 15) is 8.78 Å². The van der Waals surface area contributed by atoms with E-state index >= 15 is 0 Å². The Labute approximate surface area is 87.1 Å². The lowest BCUT2D eigenvalue weighted by Gasteiger charge is -2.15. The van der Waals surface area contributed by atoms with Gasteiger partial charge >= 0.3 is 0 Å². The molecule has 5 heteroatoms. The Morgan fingerprint density at radius 3 is 2.36 bits per heavy atom. The zero-order valence-electron chi connectivity index (χ0n) is 7.58. The minimum absolute atomic E-state index is 0. The third-order valence-corrected chi connectivity index (χ3v) is 1.84. The van der Waals surface area contributed by atoms with Crippen LogP contribution in [0, 0.1) is 11.6 Å². The van der Waals surface area contributed by atoms with Crippen LogP contribution in [-0.4, -0.2) is 11.2 Å². The van der Waals surface area contributed by atoms with Gasteiger partial charge in [-0.3, -0.25) is 0 Å². The maximum absolute atomic E-state index is 13.0. The van der Waals surface area contributed by atoms with E-state index in [0.717, 1.165) is 12.1 Å². The fraction of sp³-hybridized carbons (Fsp3) is 0.333. The summed E-state index contributed by atoms with van der Waals surface area (Å²) in [5.74, 6) is -1.38. The van der Waals surface area contributed by atoms with Crippen molar-refractivity contribution in [2.75, 3.05) is 0 Å². The van der Waals surface area contributed by atoms with Gasteiger partial charge in [0.15, 0.2) is 0 Å². The average molecular weight is 224 g/mol. The second-order valence-electron chi connectivity index (χ2n) is 2.93. The fourth-order valence-corrected chi connectivity index (χ4v) is 1.03. The highest BCUT2D eigenvalue weighted by molar-refractivity contribution is 5.85. The van der Waals surface area contributed by atoms with Crippen molar-refractivity contribution in [3.8, 4) is 0 Å². The molecular formula is C9H12ClF2NO. The lowest BCUT2D eigenvalue weighted by molar-refractivity contribution is 0.162. The Morgan fingerprint density at radius 2 is 1.93 bits per heavy atom. The standard InChI is InChI=1S/C9H11F2NO.ClH/c1-5(13)9(12)7-3-2-6(10)4-8(7)11;/h2-5,9,13H,12H2,1H3;1H/t5-,9-;/m1./s1. The normalized spacial score (nSPS) is 14.4. The summed E-state index contributed by atoms with van der Waals surface area (Å²) in [6.45, 7) is 1.45. The van der Waals surface area contributed by atoms with Crippen molar-refractivity contribution in [1.29, 1.82) is 0 Å². The topological polar surface area (TPSA) is 46.2 Å². The van der Waals surface area contributed by atoms with E-state index in [0.29, 0.717) is 0 Å². The molecule has 0 bridgehead atoms. The summed E-state index contributed by atoms with van der Waals surface area (Å²) in [7, 11) is 0. The summed E-state index contributed by atoms with van der Waals surface area (Å²) in [4.78, 5) is 0. The molecule has 2 atom stereocenters. The Bertz CT molecular complexity index is 307. The van der Waals surface area contributed by atoms with Crippen LogP contribution < -0.4 is 5.73 Å². The van der Waals surface area contributed by atoms with E-state index in [1.807, 2.05) is 0 Å². The number of hydrogen-bond acceptors (Lipinski definition) is 2. The first kappa shape index (κ1) is 13.3. The number of benzene rings is 1. The molecule has 2 nitrogen and oxygen atoms in total. The van der Waals surface area contributed by atoms with Crippen molar-refractivity contribution in [1.82, 2.24) is 0 Å². The van der Waals surface area contributed by atoms with Gasteiger partial charge < -0.3 is 10.8 Å². The first-order valence-electron chi connectivity index (χ1n) is 3.91. The van der Waals surface area contributed by atoms with Gasteiger partial charge in [-0.25, -0.2) is 8.78 Å². The molecule has 1 aromatic carbocycles. The molecule has 0 aliphatic carbocycles. The van der Waals surface area contributed by atoms with Gasteiger partial charge in [-0.05, 0) is 13.0 Å². The third-order valence-electron chi connectivity index (χ3n) is 1.84. The zero-order valence-corrected chi connectivity index (χ0v) is 8.39. The van der Waals surface area contributed by atoms with Crippen LogP contribution in [0.15, 0.2) is 18.2 Å². The van der Waals surface area contributed by atoms with Crippen molar-refractivity contribution >= 4 is 12.4 Å². The van der Waals surface area contributed by atoms with E-state index < -0.39 is 23.8 Å². The maximum Gasteiger partial charge on any atom is 0.130 e. The molecule has 3 N–H and O–H groups in total. The summed E-state index contributed by atoms with van der Waals surface area (Å²) in [6, 6.07) is 2.28. The summed E-state index contributed by atoms with van der Waals surface area (Å²) in [6.07, 6.45) is -0.861. The van der Waals surface area contributed by atoms with Crippen LogP contribution in [0.25, 0.3) is 0 Å². The van der Waals surface area contributed by atoms with Crippen molar-refractivity contribution in [3.05, 3.63) is 35.4 Å². The van der Waals surface area contributed by atoms with E-state index in [-0.39, 0.29) is 18.0 Å². The van der Waals surface area contributed by atoms with Crippen LogP contribution >= 0.6 is 12.4 Å². The van der Waals surface area contributed by atoms with Gasteiger partial charge in [-0.2, -0.15) is 0 Å². The highest BCUT2D eigenvalue weighted by atomic mass is 35.5. The van der Waals surface area contributed by atoms with Gasteiger partial charge in [-0.1, -0.05) is 6.07 Å². The van der Waals surface area contributed by atoms with E-state index in [4.69, 9.17) is 10.8 Å². The second kappa shape index (κ2) is 5.24. The molecule has 0 saturated heterocycles. The fourth-order valence-electron chi connectivity index (χ4n) is 1.03. The van der Waals surface area contributed by atoms with E-state index in [1.165, 1.54) is 13.0 Å². The molecule has 0 amide bonds. The van der Waals surface area contributed by atoms with Crippen LogP contribution in [0.2, 0.25) is 0 Å². The molecule has 1 rings (SSSR count). The summed E-state index contributed by atoms with van der Waals surface area (Å²) < 4.78 is 25.5. The van der Waals surface area contributed by atoms with Gasteiger partial charge in [0.2, 0.25) is 0 Å². The predicted octanol–water partition coefficient (Wildman–Crippen LogP) is 1.77. The van der Waals surface area contributed by atoms with Gasteiger partial charge in [0.25, 0.3) is 0 Å². The first-order valence-corrected chi connectivity index (χ1v) is 3.91. The van der Waals surface area contributed by atoms with Gasteiger partial charge in [-0.15, -0.1) is 12.4 Å². The molecule has 14 heavy (non-hydrogen) atoms. The van der Waals surface area contributed by atoms with Crippen LogP contribution in [-0.2, 0) is 0 Å². The van der Waals surface area contributed by atoms with Crippen LogP contribution in [0.1, 0.15) is 18.5 Å². The molecule has 0 heterocycles. The number of nitrogens with two attached hydrogens (primary N) is 1. The summed E-state index contributed by atoms with van der Waals surface area (Å²) in [5, 5.41) is 9.08. The second-order valence-corrected chi connectivity index (χ2v) is 2.93. The minimum Gasteiger partial charge on any atom is -0.391 e. The summed E-state index contributed by atoms with van der Waals surface area (Å²) >= 11 is 0. The highest BCUT2D eigenvalue weighted by Gasteiger charge is 2.16. The smallest absolute Gasteiger partial charge is 0.130 e. The lowest BCUT2D eigenvalue weighted by atomic mass is 10.0. The molecule has 0 aromatic heterocycles. The Kier molecular flexibility index (Phi) is 4.97. The quantitative estimate of drug-likeness (QED) is 0.803. The maximum atomic E-state index is 13.0. The van der Waals surface area contributed by atoms with Crippen LogP contribution in [0.4, 0.5) is 8.78 Å². The zero-order chi connectivity index (χ0) is 10.0. The molecule has 0 aliphatic heterocycles. The number of aliphatic hydroxyl groups excluding tert-OH is 1. The Hall–Kier alpha value is -0.710.